The van der Waals surface area contributed by atoms with Gasteiger partial charge in [0.25, 0.3) is 17.5 Å². The van der Waals surface area contributed by atoms with Crippen LogP contribution in [-0.2, 0) is 31.9 Å². The van der Waals surface area contributed by atoms with E-state index in [1.807, 2.05) is 0 Å². The molecule has 0 aliphatic carbocycles. The van der Waals surface area contributed by atoms with Crippen LogP contribution in [0.5, 0.6) is 5.88 Å². The van der Waals surface area contributed by atoms with Gasteiger partial charge < -0.3 is 29.9 Å². The molecule has 2 aromatic heterocycles. The van der Waals surface area contributed by atoms with Gasteiger partial charge in [0.2, 0.25) is 11.1 Å². The van der Waals surface area contributed by atoms with Gasteiger partial charge in [0.05, 0.1) is 11.5 Å². The summed E-state index contributed by atoms with van der Waals surface area (Å²) in [7, 11) is 2.88. The number of aliphatic carboxylic acids is 1. The number of amides is 2. The summed E-state index contributed by atoms with van der Waals surface area (Å²) in [5, 5.41) is 44.9. The van der Waals surface area contributed by atoms with Crippen molar-refractivity contribution in [2.24, 2.45) is 7.05 Å². The molecule has 1 saturated heterocycles. The average Bonchev–Trinajstić information content (AvgIpc) is 3.44. The van der Waals surface area contributed by atoms with Crippen molar-refractivity contribution in [3.05, 3.63) is 22.6 Å². The minimum Gasteiger partial charge on any atom is -0.490 e. The number of nitrogens with one attached hydrogen (secondary N) is 1. The minimum absolute atomic E-state index is 0.0885. The number of carboxylic acid groups (broad SMARTS) is 2. The Morgan fingerprint density at radius 2 is 2.05 bits per heavy atom. The molecule has 0 spiro atoms. The molecule has 16 nitrogen and oxygen atoms in total. The van der Waals surface area contributed by atoms with E-state index >= 15 is 0 Å². The lowest BCUT2D eigenvalue weighted by molar-refractivity contribution is -0.192. The number of fused-ring (bicyclic) bond motifs is 1. The zero-order valence-electron chi connectivity index (χ0n) is 19.1. The highest BCUT2D eigenvalue weighted by Gasteiger charge is 2.66. The Balaban J connectivity index is 1.42. The first-order valence-corrected chi connectivity index (χ1v) is 13.4. The van der Waals surface area contributed by atoms with Gasteiger partial charge in [-0.25, -0.2) is 14.3 Å². The number of aromatic nitrogens is 5. The predicted octanol–water partition coefficient (Wildman–Crippen LogP) is -0.660. The third kappa shape index (κ3) is 4.86. The predicted molar refractivity (Wildman–Crippen MR) is 126 cm³/mol. The van der Waals surface area contributed by atoms with E-state index < -0.39 is 46.3 Å². The lowest BCUT2D eigenvalue weighted by atomic mass is 9.98. The Hall–Kier alpha value is -3.29. The van der Waals surface area contributed by atoms with Crippen molar-refractivity contribution < 1.29 is 43.8 Å². The third-order valence-electron chi connectivity index (χ3n) is 5.34. The van der Waals surface area contributed by atoms with Gasteiger partial charge in [-0.1, -0.05) is 11.8 Å². The van der Waals surface area contributed by atoms with E-state index in [1.165, 1.54) is 35.3 Å². The number of ether oxygens (including phenoxy) is 1. The highest BCUT2D eigenvalue weighted by molar-refractivity contribution is 8.01. The fraction of sp³-hybridized carbons (Fsp3) is 0.444. The van der Waals surface area contributed by atoms with Crippen LogP contribution in [0, 0.1) is 0 Å². The number of carboxylic acids is 2. The van der Waals surface area contributed by atoms with Crippen molar-refractivity contribution in [1.82, 2.24) is 35.6 Å². The fourth-order valence-corrected chi connectivity index (χ4v) is 6.83. The van der Waals surface area contributed by atoms with Crippen LogP contribution in [0.3, 0.4) is 0 Å². The van der Waals surface area contributed by atoms with Crippen molar-refractivity contribution in [2.75, 3.05) is 24.4 Å². The average molecular weight is 574 g/mol. The number of aryl methyl sites for hydroxylation is 1. The van der Waals surface area contributed by atoms with Gasteiger partial charge >= 0.3 is 11.9 Å². The standard InChI is InChI=1S/C18H19N7O9S3/c1-24-17(20-22-23-24)37-4-7-3-36-16-18(33-2,15(32)25(16)11(7)14(30)31)19-9(26)6-35-5-8-10(13(28)29)12(27)21-34-8/h16H,3-6H2,1-2H3,(H,19,26)(H,21,27)(H,28,29)(H,30,31)/t16-,18+/m1/s1. The molecule has 2 atom stereocenters. The molecule has 4 heterocycles. The van der Waals surface area contributed by atoms with Crippen LogP contribution >= 0.6 is 35.3 Å². The molecule has 1 fully saturated rings. The molecule has 0 radical (unpaired) electrons. The van der Waals surface area contributed by atoms with Gasteiger partial charge in [0, 0.05) is 25.7 Å². The summed E-state index contributed by atoms with van der Waals surface area (Å²) in [6, 6.07) is 0. The second-order valence-electron chi connectivity index (χ2n) is 7.56. The smallest absolute Gasteiger partial charge is 0.352 e. The number of nitrogens with zero attached hydrogens (tertiary/aromatic N) is 6. The number of rotatable bonds is 11. The highest BCUT2D eigenvalue weighted by atomic mass is 32.2. The first kappa shape index (κ1) is 26.8. The molecule has 198 valence electrons. The third-order valence-corrected chi connectivity index (χ3v) is 8.74. The van der Waals surface area contributed by atoms with Crippen molar-refractivity contribution in [3.63, 3.8) is 0 Å². The lowest BCUT2D eigenvalue weighted by Gasteiger charge is -2.55. The fourth-order valence-electron chi connectivity index (χ4n) is 3.66. The van der Waals surface area contributed by atoms with Gasteiger partial charge in [0.15, 0.2) is 11.3 Å². The molecule has 2 amide bonds. The zero-order valence-corrected chi connectivity index (χ0v) is 21.6. The van der Waals surface area contributed by atoms with Crippen molar-refractivity contribution in [2.45, 2.75) is 22.0 Å². The Labute approximate surface area is 220 Å². The maximum Gasteiger partial charge on any atom is 0.352 e. The summed E-state index contributed by atoms with van der Waals surface area (Å²) in [6.45, 7) is 0. The number of carbonyl (C=O) groups excluding carboxylic acids is 2. The molecule has 37 heavy (non-hydrogen) atoms. The number of aromatic hydroxyl groups is 1. The molecular formula is C18H19N7O9S3. The lowest BCUT2D eigenvalue weighted by Crippen LogP contribution is -2.80. The molecule has 4 N–H and O–H groups in total. The SMILES string of the molecule is CO[C@@]1(NC(=O)CSCc2onc(O)c2C(=O)O)C(=O)N2C(C(=O)O)=C(CSc3nnnn3C)CS[C@@H]21. The number of carbonyl (C=O) groups is 4. The van der Waals surface area contributed by atoms with Crippen LogP contribution in [0.25, 0.3) is 0 Å². The summed E-state index contributed by atoms with van der Waals surface area (Å²) < 4.78 is 11.6. The number of β-lactam (4-membered cyclic amide) rings is 1. The second kappa shape index (κ2) is 10.6. The summed E-state index contributed by atoms with van der Waals surface area (Å²) in [6.07, 6.45) is 0. The largest absolute Gasteiger partial charge is 0.490 e. The summed E-state index contributed by atoms with van der Waals surface area (Å²) in [5.41, 5.74) is -1.96. The van der Waals surface area contributed by atoms with Crippen molar-refractivity contribution in [3.8, 4) is 5.88 Å². The van der Waals surface area contributed by atoms with Crippen molar-refractivity contribution in [1.29, 1.82) is 0 Å². The van der Waals surface area contributed by atoms with Crippen LogP contribution < -0.4 is 5.32 Å². The molecule has 19 heteroatoms. The number of tetrazole rings is 1. The number of hydrogen-bond acceptors (Lipinski definition) is 14. The maximum absolute atomic E-state index is 13.2. The van der Waals surface area contributed by atoms with E-state index in [0.717, 1.165) is 16.7 Å². The van der Waals surface area contributed by atoms with Gasteiger partial charge in [0.1, 0.15) is 11.1 Å². The van der Waals surface area contributed by atoms with E-state index in [-0.39, 0.29) is 34.5 Å². The zero-order chi connectivity index (χ0) is 26.9. The second-order valence-corrected chi connectivity index (χ2v) is 10.6. The Morgan fingerprint density at radius 1 is 1.30 bits per heavy atom. The van der Waals surface area contributed by atoms with Crippen LogP contribution in [0.15, 0.2) is 20.9 Å². The number of aromatic carboxylic acids is 1. The van der Waals surface area contributed by atoms with E-state index in [2.05, 4.69) is 26.0 Å². The minimum atomic E-state index is -1.77. The molecule has 2 aliphatic rings. The normalized spacial score (nSPS) is 21.0. The Bertz CT molecular complexity index is 1300. The molecule has 4 rings (SSSR count). The quantitative estimate of drug-likeness (QED) is 0.149. The van der Waals surface area contributed by atoms with Crippen LogP contribution in [0.4, 0.5) is 0 Å². The van der Waals surface area contributed by atoms with Gasteiger partial charge in [-0.15, -0.1) is 28.6 Å². The van der Waals surface area contributed by atoms with E-state index in [1.54, 1.807) is 7.05 Å². The molecule has 2 aromatic rings. The Kier molecular flexibility index (Phi) is 7.67. The maximum atomic E-state index is 13.2. The number of thioether (sulfide) groups is 3. The van der Waals surface area contributed by atoms with Gasteiger partial charge in [-0.05, 0) is 21.2 Å². The number of hydrogen-bond donors (Lipinski definition) is 4. The first-order valence-electron chi connectivity index (χ1n) is 10.2. The van der Waals surface area contributed by atoms with E-state index in [9.17, 15) is 29.4 Å². The molecule has 2 aliphatic heterocycles. The highest BCUT2D eigenvalue weighted by Crippen LogP contribution is 2.47. The summed E-state index contributed by atoms with van der Waals surface area (Å²) in [5.74, 6) is -4.78. The van der Waals surface area contributed by atoms with Crippen molar-refractivity contribution >= 4 is 59.0 Å². The monoisotopic (exact) mass is 573 g/mol. The first-order chi connectivity index (χ1) is 17.6. The van der Waals surface area contributed by atoms with Gasteiger partial charge in [-0.2, -0.15) is 0 Å². The molecule has 0 bridgehead atoms. The van der Waals surface area contributed by atoms with Crippen LogP contribution in [-0.4, -0.2) is 105 Å². The topological polar surface area (TPSA) is 223 Å². The van der Waals surface area contributed by atoms with E-state index in [4.69, 9.17) is 14.4 Å². The van der Waals surface area contributed by atoms with Gasteiger partial charge in [-0.3, -0.25) is 14.5 Å². The van der Waals surface area contributed by atoms with Crippen LogP contribution in [0.1, 0.15) is 16.1 Å². The summed E-state index contributed by atoms with van der Waals surface area (Å²) >= 11 is 3.42. The van der Waals surface area contributed by atoms with E-state index in [0.29, 0.717) is 10.7 Å². The van der Waals surface area contributed by atoms with Crippen LogP contribution in [0.2, 0.25) is 0 Å². The Morgan fingerprint density at radius 3 is 2.68 bits per heavy atom. The number of methoxy groups -OCH3 is 1. The molecular weight excluding hydrogens is 554 g/mol. The molecule has 0 unspecified atom stereocenters. The molecule has 0 saturated carbocycles. The summed E-state index contributed by atoms with van der Waals surface area (Å²) in [4.78, 5) is 50.2. The molecule has 0 aromatic carbocycles.